The third-order valence-corrected chi connectivity index (χ3v) is 1.84. The van der Waals surface area contributed by atoms with Crippen LogP contribution in [0.3, 0.4) is 0 Å². The summed E-state index contributed by atoms with van der Waals surface area (Å²) in [6, 6.07) is 2.19. The number of hydrogen-bond acceptors (Lipinski definition) is 4. The van der Waals surface area contributed by atoms with Gasteiger partial charge in [-0.2, -0.15) is 0 Å². The van der Waals surface area contributed by atoms with Crippen molar-refractivity contribution in [2.45, 2.75) is 12.5 Å². The first-order valence-corrected chi connectivity index (χ1v) is 4.52. The Balaban J connectivity index is 2.57. The van der Waals surface area contributed by atoms with Crippen molar-refractivity contribution >= 4 is 5.78 Å². The van der Waals surface area contributed by atoms with E-state index in [1.165, 1.54) is 19.2 Å². The van der Waals surface area contributed by atoms with Crippen LogP contribution in [0.2, 0.25) is 0 Å². The molecule has 0 fully saturated rings. The molecule has 0 aliphatic heterocycles. The Morgan fingerprint density at radius 1 is 1.67 bits per heavy atom. The highest BCUT2D eigenvalue weighted by Crippen LogP contribution is 2.03. The minimum Gasteiger partial charge on any atom is -0.383 e. The fraction of sp³-hybridized carbons (Fsp3) is 0.400. The molecule has 0 aliphatic rings. The molecule has 15 heavy (non-hydrogen) atoms. The highest BCUT2D eigenvalue weighted by molar-refractivity contribution is 5.94. The highest BCUT2D eigenvalue weighted by atomic mass is 19.1. The molecule has 1 atom stereocenters. The molecule has 1 rings (SSSR count). The van der Waals surface area contributed by atoms with Crippen LogP contribution in [0, 0.1) is 5.82 Å². The molecule has 0 saturated heterocycles. The maximum absolute atomic E-state index is 12.5. The SMILES string of the molecule is COCC(N)CC(=O)c1ccc(F)cn1. The Bertz CT molecular complexity index is 327. The van der Waals surface area contributed by atoms with Crippen LogP contribution in [0.4, 0.5) is 4.39 Å². The summed E-state index contributed by atoms with van der Waals surface area (Å²) in [5.74, 6) is -0.674. The molecule has 0 amide bonds. The van der Waals surface area contributed by atoms with Crippen LogP contribution in [0.1, 0.15) is 16.9 Å². The van der Waals surface area contributed by atoms with Crippen molar-refractivity contribution in [3.05, 3.63) is 29.8 Å². The second kappa shape index (κ2) is 5.53. The first kappa shape index (κ1) is 11.7. The van der Waals surface area contributed by atoms with Gasteiger partial charge in [0.25, 0.3) is 0 Å². The number of pyridine rings is 1. The van der Waals surface area contributed by atoms with Crippen LogP contribution in [-0.2, 0) is 4.74 Å². The Morgan fingerprint density at radius 3 is 2.93 bits per heavy atom. The number of Topliss-reactive ketones (excluding diaryl/α,β-unsaturated/α-hetero) is 1. The maximum atomic E-state index is 12.5. The number of carbonyl (C=O) groups is 1. The maximum Gasteiger partial charge on any atom is 0.182 e. The zero-order valence-corrected chi connectivity index (χ0v) is 8.44. The number of ether oxygens (including phenoxy) is 1. The fourth-order valence-electron chi connectivity index (χ4n) is 1.16. The molecule has 0 aliphatic carbocycles. The molecule has 1 aromatic heterocycles. The molecular weight excluding hydrogens is 199 g/mol. The van der Waals surface area contributed by atoms with Gasteiger partial charge >= 0.3 is 0 Å². The van der Waals surface area contributed by atoms with Gasteiger partial charge in [-0.1, -0.05) is 0 Å². The lowest BCUT2D eigenvalue weighted by atomic mass is 10.1. The average Bonchev–Trinajstić information content (AvgIpc) is 2.18. The van der Waals surface area contributed by atoms with E-state index < -0.39 is 5.82 Å². The highest BCUT2D eigenvalue weighted by Gasteiger charge is 2.12. The molecule has 5 heteroatoms. The number of nitrogens with zero attached hydrogens (tertiary/aromatic N) is 1. The molecular formula is C10H13FN2O2. The van der Waals surface area contributed by atoms with Gasteiger partial charge in [-0.25, -0.2) is 4.39 Å². The smallest absolute Gasteiger partial charge is 0.182 e. The first-order valence-electron chi connectivity index (χ1n) is 4.52. The summed E-state index contributed by atoms with van der Waals surface area (Å²) in [5, 5.41) is 0. The Morgan fingerprint density at radius 2 is 2.40 bits per heavy atom. The van der Waals surface area contributed by atoms with Crippen molar-refractivity contribution in [1.29, 1.82) is 0 Å². The molecule has 0 aromatic carbocycles. The van der Waals surface area contributed by atoms with Gasteiger partial charge in [0.1, 0.15) is 11.5 Å². The Kier molecular flexibility index (Phi) is 4.33. The van der Waals surface area contributed by atoms with Crippen LogP contribution in [0.15, 0.2) is 18.3 Å². The van der Waals surface area contributed by atoms with E-state index >= 15 is 0 Å². The van der Waals surface area contributed by atoms with E-state index in [0.29, 0.717) is 6.61 Å². The topological polar surface area (TPSA) is 65.2 Å². The minimum absolute atomic E-state index is 0.145. The number of carbonyl (C=O) groups excluding carboxylic acids is 1. The molecule has 4 nitrogen and oxygen atoms in total. The number of methoxy groups -OCH3 is 1. The molecule has 0 saturated carbocycles. The van der Waals surface area contributed by atoms with E-state index in [2.05, 4.69) is 4.98 Å². The fourth-order valence-corrected chi connectivity index (χ4v) is 1.16. The quantitative estimate of drug-likeness (QED) is 0.732. The lowest BCUT2D eigenvalue weighted by molar-refractivity contribution is 0.0944. The third kappa shape index (κ3) is 3.73. The summed E-state index contributed by atoms with van der Waals surface area (Å²) in [5.41, 5.74) is 5.83. The summed E-state index contributed by atoms with van der Waals surface area (Å²) in [4.78, 5) is 15.2. The summed E-state index contributed by atoms with van der Waals surface area (Å²) in [6.07, 6.45) is 1.15. The van der Waals surface area contributed by atoms with Gasteiger partial charge in [0.05, 0.1) is 12.8 Å². The first-order chi connectivity index (χ1) is 7.13. The van der Waals surface area contributed by atoms with Crippen molar-refractivity contribution in [3.63, 3.8) is 0 Å². The monoisotopic (exact) mass is 212 g/mol. The molecule has 0 radical (unpaired) electrons. The molecule has 1 heterocycles. The molecule has 0 bridgehead atoms. The standard InChI is InChI=1S/C10H13FN2O2/c1-15-6-8(12)4-10(14)9-3-2-7(11)5-13-9/h2-3,5,8H,4,6,12H2,1H3. The lowest BCUT2D eigenvalue weighted by Gasteiger charge is -2.08. The van der Waals surface area contributed by atoms with E-state index in [1.54, 1.807) is 0 Å². The molecule has 0 spiro atoms. The predicted molar refractivity (Wildman–Crippen MR) is 53.0 cm³/mol. The Labute approximate surface area is 87.3 Å². The van der Waals surface area contributed by atoms with E-state index in [0.717, 1.165) is 6.20 Å². The van der Waals surface area contributed by atoms with Gasteiger partial charge in [0.15, 0.2) is 5.78 Å². The second-order valence-corrected chi connectivity index (χ2v) is 3.20. The van der Waals surface area contributed by atoms with Gasteiger partial charge in [-0.15, -0.1) is 0 Å². The normalized spacial score (nSPS) is 12.5. The van der Waals surface area contributed by atoms with Crippen LogP contribution in [-0.4, -0.2) is 30.5 Å². The molecule has 1 unspecified atom stereocenters. The molecule has 2 N–H and O–H groups in total. The molecule has 82 valence electrons. The van der Waals surface area contributed by atoms with Crippen LogP contribution in [0.25, 0.3) is 0 Å². The third-order valence-electron chi connectivity index (χ3n) is 1.84. The van der Waals surface area contributed by atoms with E-state index in [-0.39, 0.29) is 23.9 Å². The van der Waals surface area contributed by atoms with Crippen LogP contribution >= 0.6 is 0 Å². The minimum atomic E-state index is -0.465. The summed E-state index contributed by atoms with van der Waals surface area (Å²) in [6.45, 7) is 0.312. The number of hydrogen-bond donors (Lipinski definition) is 1. The van der Waals surface area contributed by atoms with Crippen molar-refractivity contribution in [2.24, 2.45) is 5.73 Å². The van der Waals surface area contributed by atoms with Crippen molar-refractivity contribution < 1.29 is 13.9 Å². The van der Waals surface area contributed by atoms with Gasteiger partial charge in [0.2, 0.25) is 0 Å². The van der Waals surface area contributed by atoms with Gasteiger partial charge in [0, 0.05) is 19.6 Å². The summed E-state index contributed by atoms with van der Waals surface area (Å²) < 4.78 is 17.3. The Hall–Kier alpha value is -1.33. The van der Waals surface area contributed by atoms with Crippen molar-refractivity contribution in [2.75, 3.05) is 13.7 Å². The molecule has 1 aromatic rings. The predicted octanol–water partition coefficient (Wildman–Crippen LogP) is 0.767. The lowest BCUT2D eigenvalue weighted by Crippen LogP contribution is -2.28. The summed E-state index contributed by atoms with van der Waals surface area (Å²) >= 11 is 0. The van der Waals surface area contributed by atoms with Crippen LogP contribution < -0.4 is 5.73 Å². The number of halogens is 1. The zero-order chi connectivity index (χ0) is 11.3. The summed E-state index contributed by atoms with van der Waals surface area (Å²) in [7, 11) is 1.51. The number of aromatic nitrogens is 1. The number of rotatable bonds is 5. The van der Waals surface area contributed by atoms with Crippen molar-refractivity contribution in [3.8, 4) is 0 Å². The van der Waals surface area contributed by atoms with Gasteiger partial charge < -0.3 is 10.5 Å². The zero-order valence-electron chi connectivity index (χ0n) is 8.44. The second-order valence-electron chi connectivity index (χ2n) is 3.20. The van der Waals surface area contributed by atoms with Crippen LogP contribution in [0.5, 0.6) is 0 Å². The number of nitrogens with two attached hydrogens (primary N) is 1. The van der Waals surface area contributed by atoms with Crippen molar-refractivity contribution in [1.82, 2.24) is 4.98 Å². The largest absolute Gasteiger partial charge is 0.383 e. The van der Waals surface area contributed by atoms with E-state index in [4.69, 9.17) is 10.5 Å². The number of ketones is 1. The van der Waals surface area contributed by atoms with Gasteiger partial charge in [-0.3, -0.25) is 9.78 Å². The van der Waals surface area contributed by atoms with E-state index in [9.17, 15) is 9.18 Å². The van der Waals surface area contributed by atoms with Gasteiger partial charge in [-0.05, 0) is 12.1 Å². The average molecular weight is 212 g/mol. The van der Waals surface area contributed by atoms with E-state index in [1.807, 2.05) is 0 Å².